The third-order valence-electron chi connectivity index (χ3n) is 7.02. The fourth-order valence-electron chi connectivity index (χ4n) is 4.65. The number of nitrogens with two attached hydrogens (primary N) is 1. The van der Waals surface area contributed by atoms with Crippen molar-refractivity contribution in [2.24, 2.45) is 5.73 Å². The smallest absolute Gasteiger partial charge is 0.326 e. The predicted molar refractivity (Wildman–Crippen MR) is 166 cm³/mol. The Balaban J connectivity index is 1.38. The second kappa shape index (κ2) is 16.0. The number of halogens is 2. The molecule has 0 saturated carbocycles. The topological polar surface area (TPSA) is 168 Å². The molecule has 14 heteroatoms. The maximum Gasteiger partial charge on any atom is 0.326 e. The van der Waals surface area contributed by atoms with Gasteiger partial charge in [-0.05, 0) is 85.6 Å². The summed E-state index contributed by atoms with van der Waals surface area (Å²) < 4.78 is 40.2. The number of ketones is 1. The van der Waals surface area contributed by atoms with Crippen molar-refractivity contribution in [3.8, 4) is 5.75 Å². The molecular weight excluding hydrogens is 622 g/mol. The molecule has 0 aromatic heterocycles. The Bertz CT molecular complexity index is 1600. The number of Topliss-reactive ketones (excluding diaryl/α,β-unsaturated/α-hetero) is 1. The van der Waals surface area contributed by atoms with Crippen LogP contribution in [0.25, 0.3) is 0 Å². The van der Waals surface area contributed by atoms with Gasteiger partial charge >= 0.3 is 5.97 Å². The molecule has 11 nitrogen and oxygen atoms in total. The third kappa shape index (κ3) is 8.88. The number of carboxylic acids is 1. The molecule has 0 bridgehead atoms. The number of nitrogens with zero attached hydrogens (tertiary/aromatic N) is 1. The summed E-state index contributed by atoms with van der Waals surface area (Å²) in [5.41, 5.74) is 6.82. The lowest BCUT2D eigenvalue weighted by molar-refractivity contribution is -0.142. The maximum atomic E-state index is 13.6. The van der Waals surface area contributed by atoms with Crippen LogP contribution >= 0.6 is 11.8 Å². The molecule has 1 aliphatic rings. The van der Waals surface area contributed by atoms with Crippen LogP contribution in [0.4, 0.5) is 14.5 Å². The van der Waals surface area contributed by atoms with Gasteiger partial charge in [0.25, 0.3) is 5.91 Å². The molecule has 3 atom stereocenters. The van der Waals surface area contributed by atoms with E-state index >= 15 is 0 Å². The van der Waals surface area contributed by atoms with Crippen molar-refractivity contribution in [1.82, 2.24) is 10.6 Å². The van der Waals surface area contributed by atoms with Gasteiger partial charge in [-0.3, -0.25) is 19.2 Å². The van der Waals surface area contributed by atoms with Crippen LogP contribution in [-0.4, -0.2) is 71.3 Å². The van der Waals surface area contributed by atoms with Gasteiger partial charge in [0.1, 0.15) is 28.7 Å². The standard InChI is InChI=1S/C32H32F2N4O7S/c33-21-7-3-19(4-8-21)26(39)18-46-30-29(38(31(30)42)23-11-9-22(34)10-12-23)20-5-13-24(14-6-20)45-17-28(41)36-16-27(40)37-25(32(43)44)2-1-15-35/h3-14,25,29-30H,1-2,15-18,35H2,(H,36,41)(H,37,40)(H,43,44)/t25-,29+,30+/m0/s1/i/hD. The largest absolute Gasteiger partial charge is 0.484 e. The molecule has 1 fully saturated rings. The van der Waals surface area contributed by atoms with Crippen LogP contribution in [-0.2, 0) is 19.2 Å². The van der Waals surface area contributed by atoms with Crippen molar-refractivity contribution in [3.63, 3.8) is 0 Å². The summed E-state index contributed by atoms with van der Waals surface area (Å²) >= 11 is 1.14. The quantitative estimate of drug-likeness (QED) is 0.134. The molecule has 242 valence electrons. The second-order valence-corrected chi connectivity index (χ2v) is 11.4. The van der Waals surface area contributed by atoms with Crippen LogP contribution in [0.2, 0.25) is 1.41 Å². The first kappa shape index (κ1) is 32.6. The van der Waals surface area contributed by atoms with E-state index in [2.05, 4.69) is 5.32 Å². The lowest BCUT2D eigenvalue weighted by atomic mass is 9.92. The monoisotopic (exact) mass is 655 g/mol. The molecule has 5 N–H and O–H groups in total. The average Bonchev–Trinajstić information content (AvgIpc) is 3.05. The van der Waals surface area contributed by atoms with Crippen molar-refractivity contribution in [2.75, 3.05) is 30.3 Å². The highest BCUT2D eigenvalue weighted by atomic mass is 32.2. The molecule has 3 aromatic rings. The van der Waals surface area contributed by atoms with Gasteiger partial charge in [0.2, 0.25) is 11.8 Å². The van der Waals surface area contributed by atoms with Gasteiger partial charge in [0.15, 0.2) is 13.8 Å². The van der Waals surface area contributed by atoms with E-state index in [1.54, 1.807) is 24.3 Å². The number of thioether (sulfide) groups is 1. The Labute approximate surface area is 268 Å². The molecule has 3 amide bonds. The average molecular weight is 656 g/mol. The number of carbonyl (C=O) groups is 5. The van der Waals surface area contributed by atoms with Crippen LogP contribution in [0, 0.1) is 11.6 Å². The molecule has 1 aliphatic heterocycles. The van der Waals surface area contributed by atoms with Crippen LogP contribution < -0.4 is 26.0 Å². The van der Waals surface area contributed by atoms with Crippen LogP contribution in [0.5, 0.6) is 5.75 Å². The summed E-state index contributed by atoms with van der Waals surface area (Å²) in [7, 11) is 0. The summed E-state index contributed by atoms with van der Waals surface area (Å²) in [5.74, 6) is -4.21. The number of carboxylic acid groups (broad SMARTS) is 1. The number of hydrogen-bond donors (Lipinski definition) is 4. The normalized spacial score (nSPS) is 16.5. The number of carbonyl (C=O) groups excluding carboxylic acids is 4. The van der Waals surface area contributed by atoms with Gasteiger partial charge in [-0.25, -0.2) is 13.6 Å². The second-order valence-electron chi connectivity index (χ2n) is 10.2. The maximum absolute atomic E-state index is 13.6. The highest BCUT2D eigenvalue weighted by molar-refractivity contribution is 8.01. The van der Waals surface area contributed by atoms with E-state index in [-0.39, 0.29) is 36.2 Å². The summed E-state index contributed by atoms with van der Waals surface area (Å²) in [6.07, 6.45) is 0.471. The van der Waals surface area contributed by atoms with Gasteiger partial charge < -0.3 is 31.1 Å². The van der Waals surface area contributed by atoms with E-state index in [1.807, 2.05) is 0 Å². The van der Waals surface area contributed by atoms with Crippen molar-refractivity contribution in [3.05, 3.63) is 95.6 Å². The van der Waals surface area contributed by atoms with Gasteiger partial charge in [0.05, 0.1) is 18.3 Å². The van der Waals surface area contributed by atoms with E-state index in [4.69, 9.17) is 11.9 Å². The van der Waals surface area contributed by atoms with E-state index < -0.39 is 59.9 Å². The minimum absolute atomic E-state index is 0.0363. The number of ether oxygens (including phenoxy) is 1. The molecular formula is C32H32F2N4O7S. The van der Waals surface area contributed by atoms with Crippen molar-refractivity contribution < 1.29 is 44.0 Å². The fraction of sp³-hybridized carbons (Fsp3) is 0.281. The molecule has 1 saturated heterocycles. The van der Waals surface area contributed by atoms with Crippen molar-refractivity contribution >= 4 is 46.9 Å². The highest BCUT2D eigenvalue weighted by Gasteiger charge is 2.49. The van der Waals surface area contributed by atoms with E-state index in [0.29, 0.717) is 28.5 Å². The molecule has 0 spiro atoms. The van der Waals surface area contributed by atoms with Gasteiger partial charge in [-0.15, -0.1) is 11.8 Å². The van der Waals surface area contributed by atoms with Crippen LogP contribution in [0.15, 0.2) is 72.8 Å². The predicted octanol–water partition coefficient (Wildman–Crippen LogP) is 2.84. The molecule has 0 radical (unpaired) electrons. The fourth-order valence-corrected chi connectivity index (χ4v) is 5.87. The first-order valence-corrected chi connectivity index (χ1v) is 15.3. The summed E-state index contributed by atoms with van der Waals surface area (Å²) in [6, 6.07) is 15.3. The first-order valence-electron chi connectivity index (χ1n) is 14.7. The Morgan fingerprint density at radius 3 is 2.22 bits per heavy atom. The molecule has 46 heavy (non-hydrogen) atoms. The molecule has 0 aliphatic carbocycles. The Morgan fingerprint density at radius 1 is 0.978 bits per heavy atom. The molecule has 1 heterocycles. The highest BCUT2D eigenvalue weighted by Crippen LogP contribution is 2.45. The number of amides is 3. The molecule has 4 rings (SSSR count). The Morgan fingerprint density at radius 2 is 1.61 bits per heavy atom. The SMILES string of the molecule is [2H]N(CC(=O)N[C@@H](CCCN)C(=O)O)C(=O)COc1ccc([C@@H]2[C@@H](SCC(=O)c3ccc(F)cc3)C(=O)N2c2ccc(F)cc2)cc1. The first-order chi connectivity index (χ1) is 22.5. The van der Waals surface area contributed by atoms with Crippen molar-refractivity contribution in [1.29, 1.82) is 0 Å². The summed E-state index contributed by atoms with van der Waals surface area (Å²) in [5, 5.41) is 11.2. The van der Waals surface area contributed by atoms with Gasteiger partial charge in [-0.1, -0.05) is 12.1 Å². The number of rotatable bonds is 16. The Hall–Kier alpha value is -4.82. The van der Waals surface area contributed by atoms with E-state index in [0.717, 1.165) is 11.8 Å². The van der Waals surface area contributed by atoms with Crippen molar-refractivity contribution in [2.45, 2.75) is 30.2 Å². The lowest BCUT2D eigenvalue weighted by Gasteiger charge is -2.47. The minimum Gasteiger partial charge on any atom is -0.484 e. The number of hydrogen-bond acceptors (Lipinski definition) is 8. The zero-order chi connectivity index (χ0) is 34.1. The number of aliphatic carboxylic acids is 1. The van der Waals surface area contributed by atoms with Gasteiger partial charge in [-0.2, -0.15) is 0 Å². The zero-order valence-electron chi connectivity index (χ0n) is 25.4. The Kier molecular flexibility index (Phi) is 11.3. The zero-order valence-corrected chi connectivity index (χ0v) is 25.3. The molecule has 0 unspecified atom stereocenters. The third-order valence-corrected chi connectivity index (χ3v) is 8.27. The summed E-state index contributed by atoms with van der Waals surface area (Å²) in [6.45, 7) is -1.05. The number of β-lactam (4-membered cyclic amide) rings is 1. The number of anilines is 1. The van der Waals surface area contributed by atoms with E-state index in [9.17, 15) is 37.9 Å². The number of benzene rings is 3. The summed E-state index contributed by atoms with van der Waals surface area (Å²) in [4.78, 5) is 63.3. The van der Waals surface area contributed by atoms with E-state index in [1.165, 1.54) is 53.4 Å². The number of nitrogens with one attached hydrogen (secondary N) is 2. The lowest BCUT2D eigenvalue weighted by Crippen LogP contribution is -2.57. The van der Waals surface area contributed by atoms with Crippen LogP contribution in [0.1, 0.15) is 34.8 Å². The van der Waals surface area contributed by atoms with Crippen LogP contribution in [0.3, 0.4) is 0 Å². The van der Waals surface area contributed by atoms with Gasteiger partial charge in [0, 0.05) is 11.3 Å². The molecule has 3 aromatic carbocycles. The minimum atomic E-state index is -1.25.